The van der Waals surface area contributed by atoms with E-state index in [1.165, 1.54) is 34.6 Å². The molecule has 30 heavy (non-hydrogen) atoms. The molecule has 0 fully saturated rings. The van der Waals surface area contributed by atoms with Crippen LogP contribution in [0.15, 0.2) is 65.6 Å². The Kier molecular flexibility index (Phi) is 5.21. The molecule has 9 heteroatoms. The molecule has 0 saturated heterocycles. The highest BCUT2D eigenvalue weighted by Crippen LogP contribution is 2.35. The summed E-state index contributed by atoms with van der Waals surface area (Å²) in [4.78, 5) is 12.5. The number of sulfonamides is 1. The van der Waals surface area contributed by atoms with E-state index >= 15 is 0 Å². The summed E-state index contributed by atoms with van der Waals surface area (Å²) in [5.41, 5.74) is 1.21. The van der Waals surface area contributed by atoms with Gasteiger partial charge in [0, 0.05) is 23.3 Å². The molecular weight excluding hydrogens is 434 g/mol. The van der Waals surface area contributed by atoms with Gasteiger partial charge in [-0.3, -0.25) is 9.10 Å². The van der Waals surface area contributed by atoms with E-state index in [1.807, 2.05) is 0 Å². The molecule has 1 heterocycles. The zero-order valence-corrected chi connectivity index (χ0v) is 17.0. The lowest BCUT2D eigenvalue weighted by molar-refractivity contribution is 0.102. The molecular formula is C21H15ClF2N2O3S. The van der Waals surface area contributed by atoms with Gasteiger partial charge in [0.1, 0.15) is 11.6 Å². The maximum absolute atomic E-state index is 13.9. The van der Waals surface area contributed by atoms with Crippen molar-refractivity contribution in [2.45, 2.75) is 11.3 Å². The Balaban J connectivity index is 1.63. The maximum atomic E-state index is 13.9. The molecule has 154 valence electrons. The Labute approximate surface area is 177 Å². The first kappa shape index (κ1) is 20.3. The number of anilines is 2. The number of hydrogen-bond donors (Lipinski definition) is 1. The predicted molar refractivity (Wildman–Crippen MR) is 110 cm³/mol. The fourth-order valence-corrected chi connectivity index (χ4v) is 4.90. The number of fused-ring (bicyclic) bond motifs is 1. The zero-order valence-electron chi connectivity index (χ0n) is 15.4. The molecule has 1 N–H and O–H groups in total. The second-order valence-corrected chi connectivity index (χ2v) is 9.00. The van der Waals surface area contributed by atoms with Gasteiger partial charge >= 0.3 is 0 Å². The summed E-state index contributed by atoms with van der Waals surface area (Å²) in [5.74, 6) is -2.54. The lowest BCUT2D eigenvalue weighted by Crippen LogP contribution is -2.29. The third-order valence-electron chi connectivity index (χ3n) is 4.77. The Morgan fingerprint density at radius 2 is 1.73 bits per heavy atom. The standard InChI is InChI=1S/C21H15ClF2N2O3S/c22-14-2-6-17(7-3-14)30(28,29)26-10-9-13-1-5-16(12-20(13)26)25-21(27)18-8-4-15(23)11-19(18)24/h1-8,11-12H,9-10H2,(H,25,27). The van der Waals surface area contributed by atoms with Gasteiger partial charge in [0.15, 0.2) is 0 Å². The van der Waals surface area contributed by atoms with Gasteiger partial charge in [0.2, 0.25) is 0 Å². The topological polar surface area (TPSA) is 66.5 Å². The summed E-state index contributed by atoms with van der Waals surface area (Å²) in [5, 5.41) is 2.95. The Morgan fingerprint density at radius 1 is 1.00 bits per heavy atom. The van der Waals surface area contributed by atoms with Crippen molar-refractivity contribution in [2.75, 3.05) is 16.2 Å². The number of rotatable bonds is 4. The van der Waals surface area contributed by atoms with Crippen LogP contribution in [-0.2, 0) is 16.4 Å². The molecule has 0 radical (unpaired) electrons. The molecule has 0 spiro atoms. The van der Waals surface area contributed by atoms with Crippen LogP contribution in [0.1, 0.15) is 15.9 Å². The van der Waals surface area contributed by atoms with Crippen LogP contribution in [0.25, 0.3) is 0 Å². The van der Waals surface area contributed by atoms with E-state index in [0.29, 0.717) is 28.9 Å². The maximum Gasteiger partial charge on any atom is 0.264 e. The molecule has 1 aliphatic rings. The zero-order chi connectivity index (χ0) is 21.5. The van der Waals surface area contributed by atoms with Crippen LogP contribution < -0.4 is 9.62 Å². The number of amides is 1. The number of halogens is 3. The minimum absolute atomic E-state index is 0.0996. The lowest BCUT2D eigenvalue weighted by atomic mass is 10.1. The van der Waals surface area contributed by atoms with Crippen LogP contribution in [0.5, 0.6) is 0 Å². The van der Waals surface area contributed by atoms with Gasteiger partial charge in [-0.1, -0.05) is 17.7 Å². The third kappa shape index (κ3) is 3.76. The number of nitrogens with zero attached hydrogens (tertiary/aromatic N) is 1. The van der Waals surface area contributed by atoms with Crippen molar-refractivity contribution in [1.82, 2.24) is 0 Å². The smallest absolute Gasteiger partial charge is 0.264 e. The molecule has 0 atom stereocenters. The van der Waals surface area contributed by atoms with Crippen LogP contribution >= 0.6 is 11.6 Å². The average molecular weight is 449 g/mol. The number of nitrogens with one attached hydrogen (secondary N) is 1. The number of carbonyl (C=O) groups is 1. The Hall–Kier alpha value is -2.97. The number of benzene rings is 3. The summed E-state index contributed by atoms with van der Waals surface area (Å²) in [7, 11) is -3.82. The normalized spacial score (nSPS) is 13.2. The van der Waals surface area contributed by atoms with Gasteiger partial charge in [-0.05, 0) is 60.5 Å². The van der Waals surface area contributed by atoms with Crippen LogP contribution in [0.4, 0.5) is 20.2 Å². The van der Waals surface area contributed by atoms with E-state index in [9.17, 15) is 22.0 Å². The van der Waals surface area contributed by atoms with Crippen molar-refractivity contribution in [3.63, 3.8) is 0 Å². The minimum Gasteiger partial charge on any atom is -0.322 e. The molecule has 4 rings (SSSR count). The van der Waals surface area contributed by atoms with E-state index in [4.69, 9.17) is 11.6 Å². The fourth-order valence-electron chi connectivity index (χ4n) is 3.28. The number of carbonyl (C=O) groups excluding carboxylic acids is 1. The van der Waals surface area contributed by atoms with Crippen molar-refractivity contribution < 1.29 is 22.0 Å². The van der Waals surface area contributed by atoms with Gasteiger partial charge in [0.05, 0.1) is 16.1 Å². The van der Waals surface area contributed by atoms with Gasteiger partial charge in [-0.2, -0.15) is 0 Å². The van der Waals surface area contributed by atoms with Crippen LogP contribution in [0.3, 0.4) is 0 Å². The monoisotopic (exact) mass is 448 g/mol. The average Bonchev–Trinajstić information content (AvgIpc) is 3.12. The van der Waals surface area contributed by atoms with E-state index in [0.717, 1.165) is 17.7 Å². The second-order valence-electron chi connectivity index (χ2n) is 6.70. The Bertz CT molecular complexity index is 1250. The first-order chi connectivity index (χ1) is 14.3. The summed E-state index contributed by atoms with van der Waals surface area (Å²) in [6.07, 6.45) is 0.517. The molecule has 0 bridgehead atoms. The molecule has 0 aliphatic carbocycles. The summed E-state index contributed by atoms with van der Waals surface area (Å²) >= 11 is 5.85. The molecule has 1 aliphatic heterocycles. The van der Waals surface area contributed by atoms with Crippen molar-refractivity contribution in [2.24, 2.45) is 0 Å². The lowest BCUT2D eigenvalue weighted by Gasteiger charge is -2.20. The highest BCUT2D eigenvalue weighted by molar-refractivity contribution is 7.92. The molecule has 0 unspecified atom stereocenters. The highest BCUT2D eigenvalue weighted by atomic mass is 35.5. The first-order valence-corrected chi connectivity index (χ1v) is 10.7. The summed E-state index contributed by atoms with van der Waals surface area (Å²) in [6, 6.07) is 13.4. The molecule has 3 aromatic carbocycles. The van der Waals surface area contributed by atoms with E-state index < -0.39 is 27.6 Å². The van der Waals surface area contributed by atoms with Crippen molar-refractivity contribution in [1.29, 1.82) is 0 Å². The summed E-state index contributed by atoms with van der Waals surface area (Å²) in [6.45, 7) is 0.254. The van der Waals surface area contributed by atoms with E-state index in [-0.39, 0.29) is 17.0 Å². The second kappa shape index (κ2) is 7.70. The largest absolute Gasteiger partial charge is 0.322 e. The molecule has 3 aromatic rings. The van der Waals surface area contributed by atoms with Crippen molar-refractivity contribution in [3.05, 3.63) is 88.4 Å². The van der Waals surface area contributed by atoms with E-state index in [2.05, 4.69) is 5.32 Å². The quantitative estimate of drug-likeness (QED) is 0.633. The summed E-state index contributed by atoms with van der Waals surface area (Å²) < 4.78 is 54.3. The fraction of sp³-hybridized carbons (Fsp3) is 0.0952. The van der Waals surface area contributed by atoms with Crippen molar-refractivity contribution in [3.8, 4) is 0 Å². The number of hydrogen-bond acceptors (Lipinski definition) is 3. The minimum atomic E-state index is -3.82. The van der Waals surface area contributed by atoms with Crippen molar-refractivity contribution >= 4 is 38.9 Å². The van der Waals surface area contributed by atoms with Crippen LogP contribution in [-0.4, -0.2) is 20.9 Å². The van der Waals surface area contributed by atoms with Crippen LogP contribution in [0.2, 0.25) is 5.02 Å². The van der Waals surface area contributed by atoms with Crippen LogP contribution in [0, 0.1) is 11.6 Å². The highest BCUT2D eigenvalue weighted by Gasteiger charge is 2.31. The van der Waals surface area contributed by atoms with Gasteiger partial charge < -0.3 is 5.32 Å². The molecule has 1 amide bonds. The SMILES string of the molecule is O=C(Nc1ccc2c(c1)N(S(=O)(=O)c1ccc(Cl)cc1)CC2)c1ccc(F)cc1F. The molecule has 0 aromatic heterocycles. The van der Waals surface area contributed by atoms with Gasteiger partial charge in [-0.25, -0.2) is 17.2 Å². The Morgan fingerprint density at radius 3 is 2.43 bits per heavy atom. The molecule has 0 saturated carbocycles. The van der Waals surface area contributed by atoms with E-state index in [1.54, 1.807) is 12.1 Å². The predicted octanol–water partition coefficient (Wildman–Crippen LogP) is 4.62. The third-order valence-corrected chi connectivity index (χ3v) is 6.85. The molecule has 5 nitrogen and oxygen atoms in total. The van der Waals surface area contributed by atoms with Gasteiger partial charge in [0.25, 0.3) is 15.9 Å². The van der Waals surface area contributed by atoms with Gasteiger partial charge in [-0.15, -0.1) is 0 Å². The first-order valence-electron chi connectivity index (χ1n) is 8.93.